The molecule has 0 aromatic heterocycles. The van der Waals surface area contributed by atoms with E-state index >= 15 is 0 Å². The fraction of sp³-hybridized carbons (Fsp3) is 0.889. The maximum absolute atomic E-state index is 11.7. The van der Waals surface area contributed by atoms with E-state index in [9.17, 15) is 13.2 Å². The Morgan fingerprint density at radius 1 is 1.56 bits per heavy atom. The summed E-state index contributed by atoms with van der Waals surface area (Å²) in [6, 6.07) is -0.769. The number of sulfonamides is 1. The third-order valence-corrected chi connectivity index (χ3v) is 3.86. The number of rotatable bonds is 5. The maximum atomic E-state index is 11.7. The topological polar surface area (TPSA) is 75.7 Å². The molecule has 1 unspecified atom stereocenters. The van der Waals surface area contributed by atoms with E-state index in [0.717, 1.165) is 6.42 Å². The van der Waals surface area contributed by atoms with Gasteiger partial charge < -0.3 is 0 Å². The van der Waals surface area contributed by atoms with Gasteiger partial charge in [-0.15, -0.1) is 0 Å². The minimum atomic E-state index is -3.36. The normalized spacial score (nSPS) is 18.8. The number of nitrogens with one attached hydrogen (secondary N) is 1. The highest BCUT2D eigenvalue weighted by atomic mass is 32.2. The fourth-order valence-electron chi connectivity index (χ4n) is 1.48. The van der Waals surface area contributed by atoms with E-state index in [1.165, 1.54) is 12.0 Å². The highest BCUT2D eigenvalue weighted by Gasteiger charge is 2.27. The van der Waals surface area contributed by atoms with Crippen LogP contribution in [-0.4, -0.2) is 44.3 Å². The van der Waals surface area contributed by atoms with Gasteiger partial charge in [0.1, 0.15) is 0 Å². The molecule has 0 aromatic carbocycles. The van der Waals surface area contributed by atoms with Crippen LogP contribution >= 0.6 is 0 Å². The number of nitrogens with zero attached hydrogens (tertiary/aromatic N) is 1. The lowest BCUT2D eigenvalue weighted by Crippen LogP contribution is -2.46. The van der Waals surface area contributed by atoms with Crippen molar-refractivity contribution >= 4 is 15.9 Å². The number of hydrogen-bond acceptors (Lipinski definition) is 4. The van der Waals surface area contributed by atoms with Crippen molar-refractivity contribution in [3.63, 3.8) is 0 Å². The van der Waals surface area contributed by atoms with Crippen molar-refractivity contribution in [2.75, 3.05) is 18.9 Å². The summed E-state index contributed by atoms with van der Waals surface area (Å²) < 4.78 is 25.2. The molecule has 0 bridgehead atoms. The smallest absolute Gasteiger partial charge is 0.263 e. The monoisotopic (exact) mass is 250 g/mol. The van der Waals surface area contributed by atoms with E-state index in [4.69, 9.17) is 4.84 Å². The van der Waals surface area contributed by atoms with Gasteiger partial charge in [-0.3, -0.25) is 9.63 Å². The summed E-state index contributed by atoms with van der Waals surface area (Å²) in [6.45, 7) is 4.34. The van der Waals surface area contributed by atoms with Crippen molar-refractivity contribution in [3.8, 4) is 0 Å². The minimum absolute atomic E-state index is 0.0332. The molecular formula is C9H18N2O4S. The zero-order valence-electron chi connectivity index (χ0n) is 9.60. The molecular weight excluding hydrogens is 232 g/mol. The van der Waals surface area contributed by atoms with E-state index < -0.39 is 16.1 Å². The number of amides is 1. The van der Waals surface area contributed by atoms with Crippen LogP contribution in [0.1, 0.15) is 26.7 Å². The number of hydroxylamine groups is 2. The Morgan fingerprint density at radius 3 is 2.75 bits per heavy atom. The standard InChI is InChI=1S/C9H18N2O4S/c1-3-7-16(13,14)10-8(2)9(12)11-5-4-6-15-11/h8,10H,3-7H2,1-2H3. The van der Waals surface area contributed by atoms with E-state index in [-0.39, 0.29) is 11.7 Å². The molecule has 1 aliphatic heterocycles. The van der Waals surface area contributed by atoms with Gasteiger partial charge in [-0.05, 0) is 19.8 Å². The Balaban J connectivity index is 2.51. The molecule has 1 aliphatic rings. The minimum Gasteiger partial charge on any atom is -0.271 e. The first-order valence-corrected chi connectivity index (χ1v) is 7.06. The molecule has 1 N–H and O–H groups in total. The molecule has 1 saturated heterocycles. The molecule has 0 spiro atoms. The highest BCUT2D eigenvalue weighted by molar-refractivity contribution is 7.89. The van der Waals surface area contributed by atoms with Crippen LogP contribution in [0.2, 0.25) is 0 Å². The Morgan fingerprint density at radius 2 is 2.25 bits per heavy atom. The third-order valence-electron chi connectivity index (χ3n) is 2.20. The zero-order valence-corrected chi connectivity index (χ0v) is 10.4. The first-order chi connectivity index (χ1) is 7.46. The lowest BCUT2D eigenvalue weighted by atomic mass is 10.3. The van der Waals surface area contributed by atoms with E-state index in [0.29, 0.717) is 19.6 Å². The highest BCUT2D eigenvalue weighted by Crippen LogP contribution is 2.07. The second kappa shape index (κ2) is 5.60. The van der Waals surface area contributed by atoms with Crippen LogP contribution in [0, 0.1) is 0 Å². The van der Waals surface area contributed by atoms with Crippen LogP contribution < -0.4 is 4.72 Å². The molecule has 1 amide bonds. The summed E-state index contributed by atoms with van der Waals surface area (Å²) in [5.74, 6) is -0.303. The van der Waals surface area contributed by atoms with Gasteiger partial charge in [0, 0.05) is 0 Å². The van der Waals surface area contributed by atoms with Gasteiger partial charge in [0.2, 0.25) is 10.0 Å². The van der Waals surface area contributed by atoms with Crippen LogP contribution in [-0.2, 0) is 19.7 Å². The summed E-state index contributed by atoms with van der Waals surface area (Å²) in [4.78, 5) is 16.8. The van der Waals surface area contributed by atoms with Gasteiger partial charge in [-0.1, -0.05) is 6.92 Å². The molecule has 1 atom stereocenters. The average molecular weight is 250 g/mol. The Hall–Kier alpha value is -0.660. The Bertz CT molecular complexity index is 335. The first-order valence-electron chi connectivity index (χ1n) is 5.40. The van der Waals surface area contributed by atoms with Crippen LogP contribution in [0.3, 0.4) is 0 Å². The lowest BCUT2D eigenvalue weighted by Gasteiger charge is -2.19. The van der Waals surface area contributed by atoms with Gasteiger partial charge in [0.15, 0.2) is 0 Å². The second-order valence-electron chi connectivity index (χ2n) is 3.79. The van der Waals surface area contributed by atoms with Crippen molar-refractivity contribution in [1.82, 2.24) is 9.79 Å². The van der Waals surface area contributed by atoms with E-state index in [1.54, 1.807) is 6.92 Å². The molecule has 0 aromatic rings. The van der Waals surface area contributed by atoms with Gasteiger partial charge >= 0.3 is 0 Å². The number of carbonyl (C=O) groups is 1. The molecule has 0 saturated carbocycles. The molecule has 1 heterocycles. The number of carbonyl (C=O) groups excluding carboxylic acids is 1. The summed E-state index contributed by atoms with van der Waals surface area (Å²) in [6.07, 6.45) is 1.32. The van der Waals surface area contributed by atoms with Gasteiger partial charge in [0.05, 0.1) is 24.9 Å². The predicted octanol–water partition coefficient (Wildman–Crippen LogP) is -0.132. The van der Waals surface area contributed by atoms with Crippen molar-refractivity contribution < 1.29 is 18.0 Å². The largest absolute Gasteiger partial charge is 0.271 e. The summed E-state index contributed by atoms with van der Waals surface area (Å²) >= 11 is 0. The van der Waals surface area contributed by atoms with E-state index in [2.05, 4.69) is 4.72 Å². The Kier molecular flexibility index (Phi) is 4.69. The SMILES string of the molecule is CCCS(=O)(=O)NC(C)C(=O)N1CCCO1. The first kappa shape index (κ1) is 13.4. The summed E-state index contributed by atoms with van der Waals surface area (Å²) in [5, 5.41) is 1.22. The van der Waals surface area contributed by atoms with Crippen LogP contribution in [0.4, 0.5) is 0 Å². The average Bonchev–Trinajstić information content (AvgIpc) is 2.68. The lowest BCUT2D eigenvalue weighted by molar-refractivity contribution is -0.170. The van der Waals surface area contributed by atoms with Gasteiger partial charge in [0.25, 0.3) is 5.91 Å². The molecule has 0 radical (unpaired) electrons. The zero-order chi connectivity index (χ0) is 12.2. The second-order valence-corrected chi connectivity index (χ2v) is 5.66. The summed E-state index contributed by atoms with van der Waals surface area (Å²) in [7, 11) is -3.36. The molecule has 16 heavy (non-hydrogen) atoms. The maximum Gasteiger partial charge on any atom is 0.263 e. The predicted molar refractivity (Wildman–Crippen MR) is 59.0 cm³/mol. The third kappa shape index (κ3) is 3.73. The van der Waals surface area contributed by atoms with E-state index in [1.807, 2.05) is 0 Å². The van der Waals surface area contributed by atoms with Crippen LogP contribution in [0.5, 0.6) is 0 Å². The molecule has 7 heteroatoms. The van der Waals surface area contributed by atoms with Crippen LogP contribution in [0.25, 0.3) is 0 Å². The fourth-order valence-corrected chi connectivity index (χ4v) is 2.78. The number of hydrogen-bond donors (Lipinski definition) is 1. The molecule has 6 nitrogen and oxygen atoms in total. The van der Waals surface area contributed by atoms with Crippen LogP contribution in [0.15, 0.2) is 0 Å². The van der Waals surface area contributed by atoms with Crippen molar-refractivity contribution in [2.45, 2.75) is 32.7 Å². The molecule has 0 aliphatic carbocycles. The molecule has 94 valence electrons. The molecule has 1 rings (SSSR count). The van der Waals surface area contributed by atoms with Gasteiger partial charge in [-0.25, -0.2) is 18.2 Å². The van der Waals surface area contributed by atoms with Crippen molar-refractivity contribution in [1.29, 1.82) is 0 Å². The van der Waals surface area contributed by atoms with Gasteiger partial charge in [-0.2, -0.15) is 0 Å². The quantitative estimate of drug-likeness (QED) is 0.737. The molecule has 1 fully saturated rings. The van der Waals surface area contributed by atoms with Crippen molar-refractivity contribution in [2.24, 2.45) is 0 Å². The Labute approximate surface area is 96.0 Å². The summed E-state index contributed by atoms with van der Waals surface area (Å²) in [5.41, 5.74) is 0. The van der Waals surface area contributed by atoms with Crippen molar-refractivity contribution in [3.05, 3.63) is 0 Å².